The van der Waals surface area contributed by atoms with Gasteiger partial charge >= 0.3 is 5.97 Å². The molecule has 0 heterocycles. The molecule has 0 unspecified atom stereocenters. The molecule has 1 aromatic rings. The highest BCUT2D eigenvalue weighted by Crippen LogP contribution is 2.25. The van der Waals surface area contributed by atoms with Crippen molar-refractivity contribution in [2.45, 2.75) is 51.5 Å². The molecule has 1 saturated carbocycles. The molecule has 2 atom stereocenters. The largest absolute Gasteiger partial charge is 0.494 e. The van der Waals surface area contributed by atoms with Crippen LogP contribution in [0.5, 0.6) is 5.75 Å². The molecule has 1 amide bonds. The minimum Gasteiger partial charge on any atom is -0.494 e. The van der Waals surface area contributed by atoms with Gasteiger partial charge in [0.2, 0.25) is 5.91 Å². The Balaban J connectivity index is 1.56. The van der Waals surface area contributed by atoms with Gasteiger partial charge in [0.1, 0.15) is 5.75 Å². The van der Waals surface area contributed by atoms with Crippen LogP contribution in [0.1, 0.15) is 44.1 Å². The number of nitrogens with one attached hydrogen (secondary N) is 1. The van der Waals surface area contributed by atoms with Crippen LogP contribution < -0.4 is 10.1 Å². The average molecular weight is 319 g/mol. The molecule has 1 fully saturated rings. The monoisotopic (exact) mass is 319 g/mol. The SMILES string of the molecule is Cc1cccc(OCCCCC(=O)N[C@@H]2CC[C@H](C(=O)O)C2)c1. The normalized spacial score (nSPS) is 20.2. The summed E-state index contributed by atoms with van der Waals surface area (Å²) in [4.78, 5) is 22.7. The van der Waals surface area contributed by atoms with E-state index in [1.54, 1.807) is 0 Å². The van der Waals surface area contributed by atoms with Crippen LogP contribution in [-0.4, -0.2) is 29.6 Å². The van der Waals surface area contributed by atoms with Gasteiger partial charge in [-0.05, 0) is 56.7 Å². The van der Waals surface area contributed by atoms with E-state index in [2.05, 4.69) is 5.32 Å². The lowest BCUT2D eigenvalue weighted by molar-refractivity contribution is -0.141. The summed E-state index contributed by atoms with van der Waals surface area (Å²) in [6.45, 7) is 2.62. The predicted molar refractivity (Wildman–Crippen MR) is 87.4 cm³/mol. The first-order valence-electron chi connectivity index (χ1n) is 8.26. The van der Waals surface area contributed by atoms with E-state index in [1.165, 1.54) is 0 Å². The summed E-state index contributed by atoms with van der Waals surface area (Å²) >= 11 is 0. The Kier molecular flexibility index (Phi) is 6.44. The third kappa shape index (κ3) is 5.93. The van der Waals surface area contributed by atoms with E-state index in [0.717, 1.165) is 30.6 Å². The highest BCUT2D eigenvalue weighted by molar-refractivity contribution is 5.76. The van der Waals surface area contributed by atoms with Gasteiger partial charge in [-0.2, -0.15) is 0 Å². The van der Waals surface area contributed by atoms with Crippen LogP contribution >= 0.6 is 0 Å². The zero-order valence-electron chi connectivity index (χ0n) is 13.6. The van der Waals surface area contributed by atoms with Crippen LogP contribution in [0.3, 0.4) is 0 Å². The Morgan fingerprint density at radius 2 is 2.13 bits per heavy atom. The van der Waals surface area contributed by atoms with Gasteiger partial charge in [-0.25, -0.2) is 0 Å². The molecule has 0 saturated heterocycles. The Morgan fingerprint density at radius 1 is 1.30 bits per heavy atom. The van der Waals surface area contributed by atoms with E-state index in [9.17, 15) is 9.59 Å². The number of carbonyl (C=O) groups excluding carboxylic acids is 1. The van der Waals surface area contributed by atoms with E-state index in [-0.39, 0.29) is 17.9 Å². The molecule has 5 heteroatoms. The van der Waals surface area contributed by atoms with Gasteiger partial charge in [-0.1, -0.05) is 12.1 Å². The summed E-state index contributed by atoms with van der Waals surface area (Å²) in [5.41, 5.74) is 1.16. The van der Waals surface area contributed by atoms with Gasteiger partial charge in [-0.15, -0.1) is 0 Å². The first kappa shape index (κ1) is 17.3. The number of aliphatic carboxylic acids is 1. The van der Waals surface area contributed by atoms with Crippen LogP contribution in [0, 0.1) is 12.8 Å². The molecule has 0 bridgehead atoms. The van der Waals surface area contributed by atoms with Crippen molar-refractivity contribution in [2.24, 2.45) is 5.92 Å². The zero-order chi connectivity index (χ0) is 16.7. The summed E-state index contributed by atoms with van der Waals surface area (Å²) in [5, 5.41) is 11.9. The minimum atomic E-state index is -0.755. The Morgan fingerprint density at radius 3 is 2.83 bits per heavy atom. The molecule has 0 radical (unpaired) electrons. The van der Waals surface area contributed by atoms with Gasteiger partial charge in [0.15, 0.2) is 0 Å². The standard InChI is InChI=1S/C18H25NO4/c1-13-5-4-6-16(11-13)23-10-3-2-7-17(20)19-15-9-8-14(12-15)18(21)22/h4-6,11,14-15H,2-3,7-10,12H2,1H3,(H,19,20)(H,21,22)/t14-,15+/m0/s1. The van der Waals surface area contributed by atoms with E-state index in [1.807, 2.05) is 31.2 Å². The van der Waals surface area contributed by atoms with Crippen molar-refractivity contribution in [1.82, 2.24) is 5.32 Å². The Labute approximate surface area is 137 Å². The van der Waals surface area contributed by atoms with Crippen molar-refractivity contribution in [2.75, 3.05) is 6.61 Å². The van der Waals surface area contributed by atoms with E-state index in [0.29, 0.717) is 25.9 Å². The third-order valence-corrected chi connectivity index (χ3v) is 4.20. The first-order valence-corrected chi connectivity index (χ1v) is 8.26. The maximum atomic E-state index is 11.9. The second-order valence-electron chi connectivity index (χ2n) is 6.23. The van der Waals surface area contributed by atoms with Crippen LogP contribution in [0.25, 0.3) is 0 Å². The molecular weight excluding hydrogens is 294 g/mol. The van der Waals surface area contributed by atoms with Crippen molar-refractivity contribution in [3.63, 3.8) is 0 Å². The van der Waals surface area contributed by atoms with E-state index in [4.69, 9.17) is 9.84 Å². The molecule has 23 heavy (non-hydrogen) atoms. The fourth-order valence-corrected chi connectivity index (χ4v) is 2.92. The number of benzene rings is 1. The van der Waals surface area contributed by atoms with Crippen molar-refractivity contribution in [1.29, 1.82) is 0 Å². The van der Waals surface area contributed by atoms with Gasteiger partial charge in [-0.3, -0.25) is 9.59 Å². The summed E-state index contributed by atoms with van der Waals surface area (Å²) < 4.78 is 5.65. The molecule has 1 aliphatic carbocycles. The number of ether oxygens (including phenoxy) is 1. The second-order valence-corrected chi connectivity index (χ2v) is 6.23. The van der Waals surface area contributed by atoms with Crippen LogP contribution in [-0.2, 0) is 9.59 Å². The number of amides is 1. The lowest BCUT2D eigenvalue weighted by Gasteiger charge is -2.12. The van der Waals surface area contributed by atoms with Gasteiger partial charge in [0.05, 0.1) is 12.5 Å². The van der Waals surface area contributed by atoms with Crippen molar-refractivity contribution < 1.29 is 19.4 Å². The quantitative estimate of drug-likeness (QED) is 0.722. The molecule has 1 aliphatic rings. The topological polar surface area (TPSA) is 75.6 Å². The predicted octanol–water partition coefficient (Wildman–Crippen LogP) is 2.91. The van der Waals surface area contributed by atoms with E-state index < -0.39 is 5.97 Å². The number of hydrogen-bond donors (Lipinski definition) is 2. The second kappa shape index (κ2) is 8.56. The fraction of sp³-hybridized carbons (Fsp3) is 0.556. The number of carboxylic acids is 1. The number of hydrogen-bond acceptors (Lipinski definition) is 3. The summed E-state index contributed by atoms with van der Waals surface area (Å²) in [5.74, 6) is -0.185. The maximum absolute atomic E-state index is 11.9. The lowest BCUT2D eigenvalue weighted by atomic mass is 10.1. The average Bonchev–Trinajstić information content (AvgIpc) is 2.95. The first-order chi connectivity index (χ1) is 11.0. The van der Waals surface area contributed by atoms with Gasteiger partial charge in [0.25, 0.3) is 0 Å². The minimum absolute atomic E-state index is 0.0107. The molecule has 0 aromatic heterocycles. The molecule has 1 aromatic carbocycles. The smallest absolute Gasteiger partial charge is 0.306 e. The maximum Gasteiger partial charge on any atom is 0.306 e. The molecule has 0 spiro atoms. The van der Waals surface area contributed by atoms with Gasteiger partial charge < -0.3 is 15.2 Å². The summed E-state index contributed by atoms with van der Waals surface area (Å²) in [7, 11) is 0. The third-order valence-electron chi connectivity index (χ3n) is 4.20. The molecule has 5 nitrogen and oxygen atoms in total. The highest BCUT2D eigenvalue weighted by atomic mass is 16.5. The lowest BCUT2D eigenvalue weighted by Crippen LogP contribution is -2.33. The molecular formula is C18H25NO4. The zero-order valence-corrected chi connectivity index (χ0v) is 13.6. The number of unbranched alkanes of at least 4 members (excludes halogenated alkanes) is 1. The Hall–Kier alpha value is -2.04. The highest BCUT2D eigenvalue weighted by Gasteiger charge is 2.30. The van der Waals surface area contributed by atoms with Crippen LogP contribution in [0.2, 0.25) is 0 Å². The molecule has 2 N–H and O–H groups in total. The summed E-state index contributed by atoms with van der Waals surface area (Å²) in [6.07, 6.45) is 4.03. The van der Waals surface area contributed by atoms with Crippen molar-refractivity contribution in [3.05, 3.63) is 29.8 Å². The van der Waals surface area contributed by atoms with Crippen molar-refractivity contribution >= 4 is 11.9 Å². The van der Waals surface area contributed by atoms with Crippen molar-refractivity contribution in [3.8, 4) is 5.75 Å². The number of carboxylic acid groups (broad SMARTS) is 1. The van der Waals surface area contributed by atoms with Crippen LogP contribution in [0.4, 0.5) is 0 Å². The van der Waals surface area contributed by atoms with Gasteiger partial charge in [0, 0.05) is 12.5 Å². The molecule has 126 valence electrons. The van der Waals surface area contributed by atoms with Crippen LogP contribution in [0.15, 0.2) is 24.3 Å². The summed E-state index contributed by atoms with van der Waals surface area (Å²) in [6, 6.07) is 7.93. The molecule has 2 rings (SSSR count). The van der Waals surface area contributed by atoms with E-state index >= 15 is 0 Å². The number of carbonyl (C=O) groups is 2. The Bertz CT molecular complexity index is 544. The fourth-order valence-electron chi connectivity index (χ4n) is 2.92. The number of aryl methyl sites for hydroxylation is 1. The number of rotatable bonds is 8. The molecule has 0 aliphatic heterocycles.